The fourth-order valence-electron chi connectivity index (χ4n) is 2.05. The summed E-state index contributed by atoms with van der Waals surface area (Å²) < 4.78 is 14.9. The quantitative estimate of drug-likeness (QED) is 0.896. The molecule has 3 rings (SSSR count). The van der Waals surface area contributed by atoms with Gasteiger partial charge in [-0.15, -0.1) is 5.10 Å². The van der Waals surface area contributed by atoms with Crippen molar-refractivity contribution in [3.05, 3.63) is 41.5 Å². The van der Waals surface area contributed by atoms with E-state index in [0.29, 0.717) is 6.54 Å². The highest BCUT2D eigenvalue weighted by Crippen LogP contribution is 2.27. The van der Waals surface area contributed by atoms with E-state index in [-0.39, 0.29) is 5.82 Å². The smallest absolute Gasteiger partial charge is 0.125 e. The van der Waals surface area contributed by atoms with Gasteiger partial charge in [-0.2, -0.15) is 0 Å². The highest BCUT2D eigenvalue weighted by molar-refractivity contribution is 5.39. The zero-order chi connectivity index (χ0) is 13.2. The van der Waals surface area contributed by atoms with Crippen LogP contribution in [0.25, 0.3) is 5.69 Å². The number of rotatable bonds is 5. The average molecular weight is 260 g/mol. The van der Waals surface area contributed by atoms with Crippen LogP contribution in [0, 0.1) is 18.7 Å². The number of nitrogens with one attached hydrogen (secondary N) is 1. The van der Waals surface area contributed by atoms with Crippen LogP contribution in [-0.4, -0.2) is 21.5 Å². The van der Waals surface area contributed by atoms with E-state index in [0.717, 1.165) is 29.4 Å². The molecule has 4 nitrogen and oxygen atoms in total. The van der Waals surface area contributed by atoms with Crippen LogP contribution in [0.15, 0.2) is 24.4 Å². The van der Waals surface area contributed by atoms with Gasteiger partial charge in [0, 0.05) is 6.54 Å². The van der Waals surface area contributed by atoms with Gasteiger partial charge in [0.05, 0.1) is 17.6 Å². The fourth-order valence-corrected chi connectivity index (χ4v) is 2.05. The van der Waals surface area contributed by atoms with Gasteiger partial charge in [0.1, 0.15) is 5.82 Å². The minimum absolute atomic E-state index is 0.260. The molecule has 0 bridgehead atoms. The molecule has 1 heterocycles. The summed E-state index contributed by atoms with van der Waals surface area (Å²) in [6, 6.07) is 4.68. The molecule has 1 saturated carbocycles. The number of halogens is 1. The van der Waals surface area contributed by atoms with E-state index in [4.69, 9.17) is 0 Å². The van der Waals surface area contributed by atoms with E-state index in [1.54, 1.807) is 10.7 Å². The molecule has 0 unspecified atom stereocenters. The van der Waals surface area contributed by atoms with Crippen LogP contribution in [-0.2, 0) is 6.54 Å². The standard InChI is InChI=1S/C14H17FN4/c1-10-2-5-12(15)6-14(10)19-9-13(17-18-19)8-16-7-11-3-4-11/h2,5-6,9,11,16H,3-4,7-8H2,1H3. The molecular weight excluding hydrogens is 243 g/mol. The van der Waals surface area contributed by atoms with Gasteiger partial charge in [-0.25, -0.2) is 9.07 Å². The van der Waals surface area contributed by atoms with Crippen LogP contribution in [0.5, 0.6) is 0 Å². The molecule has 0 amide bonds. The van der Waals surface area contributed by atoms with E-state index in [1.807, 2.05) is 13.1 Å². The Kier molecular flexibility index (Phi) is 3.29. The number of benzene rings is 1. The maximum atomic E-state index is 13.3. The Morgan fingerprint density at radius 1 is 1.42 bits per heavy atom. The normalized spacial score (nSPS) is 14.8. The topological polar surface area (TPSA) is 42.7 Å². The Hall–Kier alpha value is -1.75. The molecule has 100 valence electrons. The van der Waals surface area contributed by atoms with Crippen LogP contribution in [0.2, 0.25) is 0 Å². The second-order valence-electron chi connectivity index (χ2n) is 5.16. The summed E-state index contributed by atoms with van der Waals surface area (Å²) in [6.07, 6.45) is 4.52. The lowest BCUT2D eigenvalue weighted by Gasteiger charge is -2.04. The molecule has 5 heteroatoms. The molecule has 1 aromatic carbocycles. The van der Waals surface area contributed by atoms with Crippen molar-refractivity contribution in [3.8, 4) is 5.69 Å². The third kappa shape index (κ3) is 2.98. The van der Waals surface area contributed by atoms with Crippen LogP contribution < -0.4 is 5.32 Å². The number of hydrogen-bond acceptors (Lipinski definition) is 3. The second kappa shape index (κ2) is 5.09. The Morgan fingerprint density at radius 2 is 2.26 bits per heavy atom. The number of aromatic nitrogens is 3. The van der Waals surface area contributed by atoms with Crippen molar-refractivity contribution < 1.29 is 4.39 Å². The van der Waals surface area contributed by atoms with Gasteiger partial charge < -0.3 is 5.32 Å². The van der Waals surface area contributed by atoms with Gasteiger partial charge in [0.25, 0.3) is 0 Å². The minimum Gasteiger partial charge on any atom is -0.311 e. The molecule has 1 aliphatic carbocycles. The molecule has 19 heavy (non-hydrogen) atoms. The van der Waals surface area contributed by atoms with Gasteiger partial charge in [0.15, 0.2) is 0 Å². The molecule has 0 spiro atoms. The maximum Gasteiger partial charge on any atom is 0.125 e. The number of aryl methyl sites for hydroxylation is 1. The van der Waals surface area contributed by atoms with E-state index in [2.05, 4.69) is 15.6 Å². The summed E-state index contributed by atoms with van der Waals surface area (Å²) in [5.74, 6) is 0.588. The fraction of sp³-hybridized carbons (Fsp3) is 0.429. The zero-order valence-corrected chi connectivity index (χ0v) is 10.9. The summed E-state index contributed by atoms with van der Waals surface area (Å²) in [4.78, 5) is 0. The summed E-state index contributed by atoms with van der Waals surface area (Å²) >= 11 is 0. The highest BCUT2D eigenvalue weighted by atomic mass is 19.1. The molecule has 1 N–H and O–H groups in total. The van der Waals surface area contributed by atoms with Gasteiger partial charge in [-0.05, 0) is 49.9 Å². The van der Waals surface area contributed by atoms with Crippen LogP contribution in [0.1, 0.15) is 24.1 Å². The molecule has 1 fully saturated rings. The van der Waals surface area contributed by atoms with E-state index in [9.17, 15) is 4.39 Å². The first kappa shape index (κ1) is 12.3. The predicted octanol–water partition coefficient (Wildman–Crippen LogP) is 2.21. The predicted molar refractivity (Wildman–Crippen MR) is 70.5 cm³/mol. The van der Waals surface area contributed by atoms with Crippen LogP contribution in [0.4, 0.5) is 4.39 Å². The van der Waals surface area contributed by atoms with Crippen LogP contribution in [0.3, 0.4) is 0 Å². The monoisotopic (exact) mass is 260 g/mol. The molecular formula is C14H17FN4. The lowest BCUT2D eigenvalue weighted by Crippen LogP contribution is -2.16. The highest BCUT2D eigenvalue weighted by Gasteiger charge is 2.20. The van der Waals surface area contributed by atoms with Crippen molar-refractivity contribution in [1.29, 1.82) is 0 Å². The zero-order valence-electron chi connectivity index (χ0n) is 10.9. The van der Waals surface area contributed by atoms with Crippen molar-refractivity contribution in [2.45, 2.75) is 26.3 Å². The molecule has 0 atom stereocenters. The van der Waals surface area contributed by atoms with Gasteiger partial charge in [-0.1, -0.05) is 11.3 Å². The van der Waals surface area contributed by atoms with E-state index in [1.165, 1.54) is 25.0 Å². The summed E-state index contributed by atoms with van der Waals surface area (Å²) in [5, 5.41) is 11.5. The van der Waals surface area contributed by atoms with Gasteiger partial charge in [-0.3, -0.25) is 0 Å². The van der Waals surface area contributed by atoms with Gasteiger partial charge >= 0.3 is 0 Å². The SMILES string of the molecule is Cc1ccc(F)cc1-n1cc(CNCC2CC2)nn1. The van der Waals surface area contributed by atoms with Gasteiger partial charge in [0.2, 0.25) is 0 Å². The number of nitrogens with zero attached hydrogens (tertiary/aromatic N) is 3. The third-order valence-corrected chi connectivity index (χ3v) is 3.39. The second-order valence-corrected chi connectivity index (χ2v) is 5.16. The maximum absolute atomic E-state index is 13.3. The van der Waals surface area contributed by atoms with E-state index >= 15 is 0 Å². The Morgan fingerprint density at radius 3 is 3.05 bits per heavy atom. The Bertz CT molecular complexity index is 575. The summed E-state index contributed by atoms with van der Waals surface area (Å²) in [7, 11) is 0. The molecule has 0 radical (unpaired) electrons. The Balaban J connectivity index is 1.70. The van der Waals surface area contributed by atoms with Crippen LogP contribution >= 0.6 is 0 Å². The number of hydrogen-bond donors (Lipinski definition) is 1. The van der Waals surface area contributed by atoms with Crippen molar-refractivity contribution >= 4 is 0 Å². The summed E-state index contributed by atoms with van der Waals surface area (Å²) in [6.45, 7) is 3.69. The third-order valence-electron chi connectivity index (χ3n) is 3.39. The first-order chi connectivity index (χ1) is 9.22. The lowest BCUT2D eigenvalue weighted by atomic mass is 10.2. The molecule has 0 saturated heterocycles. The molecule has 1 aromatic heterocycles. The molecule has 2 aromatic rings. The molecule has 0 aliphatic heterocycles. The van der Waals surface area contributed by atoms with Crippen molar-refractivity contribution in [2.75, 3.05) is 6.54 Å². The molecule has 1 aliphatic rings. The average Bonchev–Trinajstić information content (AvgIpc) is 3.10. The van der Waals surface area contributed by atoms with Crippen molar-refractivity contribution in [3.63, 3.8) is 0 Å². The first-order valence-electron chi connectivity index (χ1n) is 6.61. The lowest BCUT2D eigenvalue weighted by molar-refractivity contribution is 0.623. The largest absolute Gasteiger partial charge is 0.311 e. The summed E-state index contributed by atoms with van der Waals surface area (Å²) in [5.41, 5.74) is 2.59. The van der Waals surface area contributed by atoms with Crippen molar-refractivity contribution in [1.82, 2.24) is 20.3 Å². The van der Waals surface area contributed by atoms with E-state index < -0.39 is 0 Å². The minimum atomic E-state index is -0.260. The van der Waals surface area contributed by atoms with Crippen molar-refractivity contribution in [2.24, 2.45) is 5.92 Å². The first-order valence-corrected chi connectivity index (χ1v) is 6.61. The Labute approximate surface area is 111 Å².